The van der Waals surface area contributed by atoms with Gasteiger partial charge in [0.25, 0.3) is 0 Å². The van der Waals surface area contributed by atoms with Crippen molar-refractivity contribution in [2.75, 3.05) is 12.4 Å². The van der Waals surface area contributed by atoms with Crippen molar-refractivity contribution in [2.24, 2.45) is 0 Å². The summed E-state index contributed by atoms with van der Waals surface area (Å²) in [6.45, 7) is 1.80. The molecule has 5 N–H and O–H groups in total. The number of aromatic nitrogens is 2. The fraction of sp³-hybridized carbons (Fsp3) is 0.571. The minimum atomic E-state index is -2.29. The second-order valence-electron chi connectivity index (χ2n) is 5.37. The van der Waals surface area contributed by atoms with E-state index in [0.29, 0.717) is 5.69 Å². The first-order valence-corrected chi connectivity index (χ1v) is 6.88. The molecule has 1 unspecified atom stereocenters. The van der Waals surface area contributed by atoms with Crippen LogP contribution in [0.2, 0.25) is 0 Å². The molecule has 126 valence electrons. The molecule has 0 aromatic carbocycles. The first-order chi connectivity index (χ1) is 10.7. The number of aliphatic hydroxyl groups excluding tert-OH is 2. The van der Waals surface area contributed by atoms with E-state index in [0.717, 1.165) is 4.57 Å². The molecule has 0 saturated carbocycles. The number of nitrogens with zero attached hydrogens (tertiary/aromatic N) is 2. The summed E-state index contributed by atoms with van der Waals surface area (Å²) in [6.07, 6.45) is -5.51. The Morgan fingerprint density at radius 1 is 1.65 bits per heavy atom. The molecule has 1 fully saturated rings. The Bertz CT molecular complexity index is 711. The fourth-order valence-corrected chi connectivity index (χ4v) is 2.59. The number of alkyl halides is 1. The summed E-state index contributed by atoms with van der Waals surface area (Å²) in [4.78, 5) is 15.7. The molecular weight excluding hydrogens is 309 g/mol. The smallest absolute Gasteiger partial charge is 0.351 e. The van der Waals surface area contributed by atoms with Gasteiger partial charge in [0.1, 0.15) is 24.7 Å². The first-order valence-electron chi connectivity index (χ1n) is 6.88. The molecule has 9 heteroatoms. The number of anilines is 1. The topological polar surface area (TPSA) is 131 Å². The number of nitrogen functional groups attached to an aromatic ring is 1. The molecule has 2 heterocycles. The molecule has 2 rings (SSSR count). The Labute approximate surface area is 131 Å². The molecule has 0 aliphatic carbocycles. The van der Waals surface area contributed by atoms with Crippen LogP contribution < -0.4 is 11.4 Å². The predicted molar refractivity (Wildman–Crippen MR) is 77.9 cm³/mol. The Morgan fingerprint density at radius 2 is 2.30 bits per heavy atom. The quantitative estimate of drug-likeness (QED) is 0.485. The van der Waals surface area contributed by atoms with Gasteiger partial charge < -0.3 is 25.8 Å². The van der Waals surface area contributed by atoms with Crippen LogP contribution in [0, 0.1) is 18.8 Å². The molecule has 23 heavy (non-hydrogen) atoms. The zero-order chi connectivity index (χ0) is 17.4. The molecule has 0 radical (unpaired) electrons. The molecule has 8 nitrogen and oxygen atoms in total. The number of halogens is 1. The summed E-state index contributed by atoms with van der Waals surface area (Å²) in [5.74, 6) is 4.19. The average molecular weight is 327 g/mol. The van der Waals surface area contributed by atoms with Gasteiger partial charge >= 0.3 is 5.69 Å². The van der Waals surface area contributed by atoms with E-state index in [1.54, 1.807) is 0 Å². The van der Waals surface area contributed by atoms with Gasteiger partial charge in [-0.1, -0.05) is 11.8 Å². The first kappa shape index (κ1) is 17.4. The van der Waals surface area contributed by atoms with Gasteiger partial charge in [-0.3, -0.25) is 4.57 Å². The maximum Gasteiger partial charge on any atom is 0.351 e. The number of ether oxygens (including phenoxy) is 1. The minimum absolute atomic E-state index is 0.0206. The van der Waals surface area contributed by atoms with E-state index < -0.39 is 42.5 Å². The van der Waals surface area contributed by atoms with Gasteiger partial charge in [0, 0.05) is 5.69 Å². The van der Waals surface area contributed by atoms with Gasteiger partial charge in [0.15, 0.2) is 11.8 Å². The van der Waals surface area contributed by atoms with Gasteiger partial charge in [-0.15, -0.1) is 0 Å². The molecule has 1 saturated heterocycles. The lowest BCUT2D eigenvalue weighted by Gasteiger charge is -2.27. The number of hydrogen-bond donors (Lipinski definition) is 4. The van der Waals surface area contributed by atoms with Gasteiger partial charge in [-0.25, -0.2) is 9.18 Å². The van der Waals surface area contributed by atoms with Crippen LogP contribution in [0.25, 0.3) is 0 Å². The Hall–Kier alpha value is -1.99. The highest BCUT2D eigenvalue weighted by Crippen LogP contribution is 2.39. The van der Waals surface area contributed by atoms with Crippen LogP contribution in [0.4, 0.5) is 10.2 Å². The zero-order valence-electron chi connectivity index (χ0n) is 12.6. The normalized spacial score (nSPS) is 31.5. The number of rotatable bonds is 2. The van der Waals surface area contributed by atoms with Crippen molar-refractivity contribution in [1.82, 2.24) is 9.55 Å². The predicted octanol–water partition coefficient (Wildman–Crippen LogP) is -1.52. The van der Waals surface area contributed by atoms with Crippen LogP contribution in [0.1, 0.15) is 18.8 Å². The summed E-state index contributed by atoms with van der Waals surface area (Å²) < 4.78 is 18.8. The van der Waals surface area contributed by atoms with E-state index in [1.807, 2.05) is 5.92 Å². The van der Waals surface area contributed by atoms with Crippen molar-refractivity contribution < 1.29 is 24.4 Å². The molecular formula is C14H18FN3O5. The third kappa shape index (κ3) is 2.94. The van der Waals surface area contributed by atoms with E-state index in [4.69, 9.17) is 10.5 Å². The zero-order valence-corrected chi connectivity index (χ0v) is 12.6. The highest BCUT2D eigenvalue weighted by atomic mass is 19.1. The number of aryl methyl sites for hydroxylation is 1. The fourth-order valence-electron chi connectivity index (χ4n) is 2.59. The third-order valence-electron chi connectivity index (χ3n) is 3.66. The third-order valence-corrected chi connectivity index (χ3v) is 3.66. The lowest BCUT2D eigenvalue weighted by atomic mass is 9.92. The van der Waals surface area contributed by atoms with Crippen molar-refractivity contribution in [3.05, 3.63) is 22.2 Å². The van der Waals surface area contributed by atoms with Gasteiger partial charge in [0.2, 0.25) is 0 Å². The van der Waals surface area contributed by atoms with Crippen LogP contribution in [0.5, 0.6) is 0 Å². The van der Waals surface area contributed by atoms with Crippen LogP contribution in [-0.2, 0) is 4.74 Å². The number of hydrogen-bond acceptors (Lipinski definition) is 7. The Morgan fingerprint density at radius 3 is 2.83 bits per heavy atom. The standard InChI is InChI=1S/C14H18FN3O5/c1-7-6-9(16)17-13(21)18(7)12-14(22,4-3-5-15)11(20)10(23-12)8(2)19/h6,8,10-12,19-20,22H,5H2,1-2H3,(H2,16,17,21)/t8-,10-,11+,12-,14?/m1/s1. The molecule has 0 bridgehead atoms. The van der Waals surface area contributed by atoms with E-state index in [2.05, 4.69) is 10.9 Å². The summed E-state index contributed by atoms with van der Waals surface area (Å²) in [7, 11) is 0. The second-order valence-corrected chi connectivity index (χ2v) is 5.37. The SMILES string of the molecule is Cc1cc(N)nc(=O)n1[C@@H]1O[C@H]([C@@H](C)O)[C@H](O)C1(O)C#CCF. The largest absolute Gasteiger partial charge is 0.391 e. The lowest BCUT2D eigenvalue weighted by molar-refractivity contribution is -0.0891. The second kappa shape index (κ2) is 6.25. The molecule has 0 spiro atoms. The number of nitrogens with two attached hydrogens (primary N) is 1. The molecule has 1 aromatic heterocycles. The summed E-state index contributed by atoms with van der Waals surface area (Å²) in [5, 5.41) is 30.6. The van der Waals surface area contributed by atoms with E-state index >= 15 is 0 Å². The monoisotopic (exact) mass is 327 g/mol. The van der Waals surface area contributed by atoms with E-state index in [9.17, 15) is 24.5 Å². The molecule has 5 atom stereocenters. The maximum absolute atomic E-state index is 12.4. The Kier molecular flexibility index (Phi) is 4.72. The van der Waals surface area contributed by atoms with E-state index in [-0.39, 0.29) is 5.82 Å². The lowest BCUT2D eigenvalue weighted by Crippen LogP contribution is -2.49. The highest BCUT2D eigenvalue weighted by Gasteiger charge is 2.57. The minimum Gasteiger partial charge on any atom is -0.391 e. The van der Waals surface area contributed by atoms with Crippen LogP contribution in [-0.4, -0.2) is 55.5 Å². The van der Waals surface area contributed by atoms with Crippen molar-refractivity contribution in [3.63, 3.8) is 0 Å². The molecule has 1 aliphatic heterocycles. The van der Waals surface area contributed by atoms with Crippen LogP contribution >= 0.6 is 0 Å². The van der Waals surface area contributed by atoms with Crippen molar-refractivity contribution >= 4 is 5.82 Å². The van der Waals surface area contributed by atoms with Crippen LogP contribution in [0.3, 0.4) is 0 Å². The highest BCUT2D eigenvalue weighted by molar-refractivity contribution is 5.30. The summed E-state index contributed by atoms with van der Waals surface area (Å²) in [5.41, 5.74) is 2.66. The van der Waals surface area contributed by atoms with Gasteiger partial charge in [-0.2, -0.15) is 4.98 Å². The van der Waals surface area contributed by atoms with Gasteiger partial charge in [-0.05, 0) is 19.9 Å². The van der Waals surface area contributed by atoms with Gasteiger partial charge in [0.05, 0.1) is 6.10 Å². The van der Waals surface area contributed by atoms with Crippen molar-refractivity contribution in [1.29, 1.82) is 0 Å². The summed E-state index contributed by atoms with van der Waals surface area (Å²) in [6, 6.07) is 1.37. The maximum atomic E-state index is 12.4. The summed E-state index contributed by atoms with van der Waals surface area (Å²) >= 11 is 0. The Balaban J connectivity index is 2.61. The van der Waals surface area contributed by atoms with Crippen molar-refractivity contribution in [3.8, 4) is 11.8 Å². The average Bonchev–Trinajstić information content (AvgIpc) is 2.70. The molecule has 1 aliphatic rings. The molecule has 0 amide bonds. The van der Waals surface area contributed by atoms with Crippen LogP contribution in [0.15, 0.2) is 10.9 Å². The van der Waals surface area contributed by atoms with E-state index in [1.165, 1.54) is 19.9 Å². The van der Waals surface area contributed by atoms with Crippen molar-refractivity contribution in [2.45, 2.75) is 44.0 Å². The number of aliphatic hydroxyl groups is 3. The molecule has 1 aromatic rings.